The van der Waals surface area contributed by atoms with Crippen LogP contribution in [-0.4, -0.2) is 21.9 Å². The van der Waals surface area contributed by atoms with Crippen molar-refractivity contribution in [2.75, 3.05) is 17.3 Å². The summed E-state index contributed by atoms with van der Waals surface area (Å²) in [5.41, 5.74) is 8.22. The minimum atomic E-state index is -0.233. The monoisotopic (exact) mass is 290 g/mol. The topological polar surface area (TPSA) is 72.9 Å². The molecule has 0 aliphatic heterocycles. The minimum Gasteiger partial charge on any atom is -0.395 e. The van der Waals surface area contributed by atoms with E-state index < -0.39 is 0 Å². The fraction of sp³-hybridized carbons (Fsp3) is 0.286. The summed E-state index contributed by atoms with van der Waals surface area (Å²) in [4.78, 5) is 13.5. The van der Waals surface area contributed by atoms with E-state index >= 15 is 0 Å². The molecule has 0 aliphatic rings. The smallest absolute Gasteiger partial charge is 0.276 e. The van der Waals surface area contributed by atoms with Gasteiger partial charge in [0.2, 0.25) is 0 Å². The molecule has 0 unspecified atom stereocenters. The third-order valence-corrected chi connectivity index (χ3v) is 3.74. The molecule has 6 heteroatoms. The maximum atomic E-state index is 12.4. The summed E-state index contributed by atoms with van der Waals surface area (Å²) in [5, 5.41) is 7.12. The zero-order chi connectivity index (χ0) is 14.7. The van der Waals surface area contributed by atoms with Crippen molar-refractivity contribution in [2.45, 2.75) is 25.3 Å². The van der Waals surface area contributed by atoms with Crippen molar-refractivity contribution in [3.05, 3.63) is 35.7 Å². The molecule has 0 spiro atoms. The number of aromatic nitrogens is 2. The van der Waals surface area contributed by atoms with Crippen LogP contribution in [0.4, 0.5) is 11.4 Å². The average molecular weight is 290 g/mol. The normalized spacial score (nSPS) is 10.6. The molecule has 3 N–H and O–H groups in total. The Bertz CT molecular complexity index is 636. The highest BCUT2D eigenvalue weighted by molar-refractivity contribution is 7.98. The van der Waals surface area contributed by atoms with E-state index in [1.807, 2.05) is 37.4 Å². The fourth-order valence-corrected chi connectivity index (χ4v) is 2.41. The van der Waals surface area contributed by atoms with Gasteiger partial charge in [0.15, 0.2) is 0 Å². The Morgan fingerprint density at radius 1 is 1.50 bits per heavy atom. The maximum Gasteiger partial charge on any atom is 0.276 e. The Balaban J connectivity index is 2.28. The van der Waals surface area contributed by atoms with Gasteiger partial charge in [0, 0.05) is 17.1 Å². The van der Waals surface area contributed by atoms with Gasteiger partial charge in [-0.05, 0) is 38.3 Å². The first-order valence-corrected chi connectivity index (χ1v) is 7.57. The number of nitrogens with one attached hydrogen (secondary N) is 1. The second-order valence-corrected chi connectivity index (χ2v) is 5.23. The van der Waals surface area contributed by atoms with E-state index in [0.29, 0.717) is 23.6 Å². The SMILES string of the molecule is CCn1nc(C)c(N)c1C(=O)Nc1cccc(SC)c1. The first kappa shape index (κ1) is 14.5. The summed E-state index contributed by atoms with van der Waals surface area (Å²) in [5.74, 6) is -0.233. The summed E-state index contributed by atoms with van der Waals surface area (Å²) >= 11 is 1.63. The number of carbonyl (C=O) groups is 1. The van der Waals surface area contributed by atoms with Crippen LogP contribution in [0.15, 0.2) is 29.2 Å². The van der Waals surface area contributed by atoms with Crippen molar-refractivity contribution in [3.63, 3.8) is 0 Å². The van der Waals surface area contributed by atoms with Crippen molar-refractivity contribution in [1.82, 2.24) is 9.78 Å². The number of amides is 1. The van der Waals surface area contributed by atoms with E-state index in [-0.39, 0.29) is 5.91 Å². The predicted octanol–water partition coefficient (Wildman–Crippen LogP) is 2.77. The van der Waals surface area contributed by atoms with Crippen molar-refractivity contribution >= 4 is 29.0 Å². The maximum absolute atomic E-state index is 12.4. The molecule has 0 bridgehead atoms. The van der Waals surface area contributed by atoms with Crippen molar-refractivity contribution < 1.29 is 4.79 Å². The van der Waals surface area contributed by atoms with Gasteiger partial charge in [-0.25, -0.2) is 0 Å². The lowest BCUT2D eigenvalue weighted by atomic mass is 10.2. The number of benzene rings is 1. The van der Waals surface area contributed by atoms with E-state index in [4.69, 9.17) is 5.73 Å². The van der Waals surface area contributed by atoms with Crippen LogP contribution < -0.4 is 11.1 Å². The number of carbonyl (C=O) groups excluding carboxylic acids is 1. The number of nitrogens with two attached hydrogens (primary N) is 1. The molecular weight excluding hydrogens is 272 g/mol. The Morgan fingerprint density at radius 3 is 2.90 bits per heavy atom. The first-order valence-electron chi connectivity index (χ1n) is 6.35. The van der Waals surface area contributed by atoms with E-state index in [1.54, 1.807) is 23.4 Å². The van der Waals surface area contributed by atoms with Gasteiger partial charge in [0.05, 0.1) is 11.4 Å². The van der Waals surface area contributed by atoms with Crippen LogP contribution in [0.1, 0.15) is 23.1 Å². The lowest BCUT2D eigenvalue weighted by Gasteiger charge is -2.08. The Labute approximate surface area is 122 Å². The van der Waals surface area contributed by atoms with Crippen LogP contribution in [-0.2, 0) is 6.54 Å². The van der Waals surface area contributed by atoms with E-state index in [1.165, 1.54) is 0 Å². The van der Waals surface area contributed by atoms with Crippen molar-refractivity contribution in [2.24, 2.45) is 0 Å². The van der Waals surface area contributed by atoms with E-state index in [0.717, 1.165) is 10.6 Å². The summed E-state index contributed by atoms with van der Waals surface area (Å²) in [6.07, 6.45) is 1.99. The average Bonchev–Trinajstić information content (AvgIpc) is 2.74. The summed E-state index contributed by atoms with van der Waals surface area (Å²) in [7, 11) is 0. The van der Waals surface area contributed by atoms with Gasteiger partial charge >= 0.3 is 0 Å². The van der Waals surface area contributed by atoms with Gasteiger partial charge in [0.25, 0.3) is 5.91 Å². The highest BCUT2D eigenvalue weighted by Crippen LogP contribution is 2.21. The quantitative estimate of drug-likeness (QED) is 0.849. The molecule has 1 aromatic heterocycles. The van der Waals surface area contributed by atoms with Crippen LogP contribution in [0.25, 0.3) is 0 Å². The number of hydrogen-bond donors (Lipinski definition) is 2. The second kappa shape index (κ2) is 6.00. The number of hydrogen-bond acceptors (Lipinski definition) is 4. The van der Waals surface area contributed by atoms with Crippen LogP contribution in [0.5, 0.6) is 0 Å². The molecule has 2 aromatic rings. The molecule has 0 atom stereocenters. The van der Waals surface area contributed by atoms with Crippen molar-refractivity contribution in [1.29, 1.82) is 0 Å². The van der Waals surface area contributed by atoms with E-state index in [2.05, 4.69) is 10.4 Å². The number of nitrogen functional groups attached to an aromatic ring is 1. The molecular formula is C14H18N4OS. The number of nitrogens with zero attached hydrogens (tertiary/aromatic N) is 2. The molecule has 0 radical (unpaired) electrons. The van der Waals surface area contributed by atoms with Crippen molar-refractivity contribution in [3.8, 4) is 0 Å². The third-order valence-electron chi connectivity index (χ3n) is 3.02. The lowest BCUT2D eigenvalue weighted by molar-refractivity contribution is 0.101. The van der Waals surface area contributed by atoms with Gasteiger partial charge in [-0.15, -0.1) is 11.8 Å². The fourth-order valence-electron chi connectivity index (χ4n) is 1.95. The minimum absolute atomic E-state index is 0.233. The van der Waals surface area contributed by atoms with Gasteiger partial charge in [-0.1, -0.05) is 6.07 Å². The molecule has 1 aromatic carbocycles. The van der Waals surface area contributed by atoms with E-state index in [9.17, 15) is 4.79 Å². The first-order chi connectivity index (χ1) is 9.56. The molecule has 20 heavy (non-hydrogen) atoms. The number of anilines is 2. The molecule has 106 valence electrons. The van der Waals surface area contributed by atoms with Gasteiger partial charge in [-0.2, -0.15) is 5.10 Å². The van der Waals surface area contributed by atoms with Crippen LogP contribution >= 0.6 is 11.8 Å². The molecule has 0 saturated carbocycles. The highest BCUT2D eigenvalue weighted by atomic mass is 32.2. The molecule has 0 aliphatic carbocycles. The number of thioether (sulfide) groups is 1. The van der Waals surface area contributed by atoms with Crippen LogP contribution in [0.3, 0.4) is 0 Å². The summed E-state index contributed by atoms with van der Waals surface area (Å²) in [6.45, 7) is 4.33. The predicted molar refractivity (Wildman–Crippen MR) is 83.2 cm³/mol. The molecule has 1 amide bonds. The third kappa shape index (κ3) is 2.80. The molecule has 0 fully saturated rings. The standard InChI is InChI=1S/C14H18N4OS/c1-4-18-13(12(15)9(2)17-18)14(19)16-10-6-5-7-11(8-10)20-3/h5-8H,4,15H2,1-3H3,(H,16,19). The zero-order valence-electron chi connectivity index (χ0n) is 11.8. The molecule has 5 nitrogen and oxygen atoms in total. The highest BCUT2D eigenvalue weighted by Gasteiger charge is 2.19. The molecule has 2 rings (SSSR count). The van der Waals surface area contributed by atoms with Gasteiger partial charge < -0.3 is 11.1 Å². The van der Waals surface area contributed by atoms with Crippen LogP contribution in [0.2, 0.25) is 0 Å². The second-order valence-electron chi connectivity index (χ2n) is 4.35. The Kier molecular flexibility index (Phi) is 4.34. The molecule has 1 heterocycles. The largest absolute Gasteiger partial charge is 0.395 e. The summed E-state index contributed by atoms with van der Waals surface area (Å²) < 4.78 is 1.62. The number of rotatable bonds is 4. The summed E-state index contributed by atoms with van der Waals surface area (Å²) in [6, 6.07) is 7.69. The van der Waals surface area contributed by atoms with Gasteiger partial charge in [-0.3, -0.25) is 9.48 Å². The lowest BCUT2D eigenvalue weighted by Crippen LogP contribution is -2.18. The van der Waals surface area contributed by atoms with Gasteiger partial charge in [0.1, 0.15) is 5.69 Å². The zero-order valence-corrected chi connectivity index (χ0v) is 12.6. The number of aryl methyl sites for hydroxylation is 2. The Hall–Kier alpha value is -1.95. The van der Waals surface area contributed by atoms with Crippen LogP contribution in [0, 0.1) is 6.92 Å². The Morgan fingerprint density at radius 2 is 2.25 bits per heavy atom. The molecule has 0 saturated heterocycles.